The number of aromatic nitrogens is 1. The van der Waals surface area contributed by atoms with Gasteiger partial charge in [0.05, 0.1) is 25.5 Å². The Morgan fingerprint density at radius 1 is 1.07 bits per heavy atom. The van der Waals surface area contributed by atoms with Crippen molar-refractivity contribution >= 4 is 6.03 Å². The van der Waals surface area contributed by atoms with E-state index in [9.17, 15) is 18.0 Å². The number of nitrogens with one attached hydrogen (secondary N) is 2. The van der Waals surface area contributed by atoms with Gasteiger partial charge in [-0.2, -0.15) is 13.2 Å². The van der Waals surface area contributed by atoms with Crippen LogP contribution in [0.5, 0.6) is 5.75 Å². The molecule has 1 aromatic rings. The molecule has 2 amide bonds. The van der Waals surface area contributed by atoms with Crippen molar-refractivity contribution in [2.75, 3.05) is 13.2 Å². The summed E-state index contributed by atoms with van der Waals surface area (Å²) in [6, 6.07) is 1.77. The van der Waals surface area contributed by atoms with Crippen molar-refractivity contribution < 1.29 is 32.2 Å². The summed E-state index contributed by atoms with van der Waals surface area (Å²) in [7, 11) is 0. The van der Waals surface area contributed by atoms with Gasteiger partial charge in [0.1, 0.15) is 23.7 Å². The summed E-state index contributed by atoms with van der Waals surface area (Å²) in [6.45, 7) is 0.511. The van der Waals surface area contributed by atoms with Gasteiger partial charge in [-0.15, -0.1) is 0 Å². The van der Waals surface area contributed by atoms with E-state index in [-0.39, 0.29) is 36.6 Å². The maximum atomic E-state index is 12.6. The molecule has 3 heterocycles. The molecule has 2 aliphatic heterocycles. The maximum absolute atomic E-state index is 12.6. The van der Waals surface area contributed by atoms with Crippen LogP contribution in [0.1, 0.15) is 37.8 Å². The van der Waals surface area contributed by atoms with Gasteiger partial charge in [-0.3, -0.25) is 0 Å². The van der Waals surface area contributed by atoms with Crippen molar-refractivity contribution in [3.05, 3.63) is 24.0 Å². The van der Waals surface area contributed by atoms with Gasteiger partial charge in [-0.1, -0.05) is 19.3 Å². The van der Waals surface area contributed by atoms with Crippen LogP contribution in [0, 0.1) is 0 Å². The number of amides is 2. The van der Waals surface area contributed by atoms with E-state index in [2.05, 4.69) is 15.6 Å². The Bertz CT molecular complexity index is 710. The third-order valence-electron chi connectivity index (χ3n) is 5.58. The molecule has 0 spiro atoms. The van der Waals surface area contributed by atoms with E-state index in [1.807, 2.05) is 0 Å². The molecule has 4 rings (SSSR count). The first-order valence-electron chi connectivity index (χ1n) is 9.90. The Morgan fingerprint density at radius 2 is 1.83 bits per heavy atom. The third kappa shape index (κ3) is 4.75. The van der Waals surface area contributed by atoms with Gasteiger partial charge >= 0.3 is 12.2 Å². The van der Waals surface area contributed by atoms with E-state index in [1.165, 1.54) is 12.5 Å². The number of nitrogens with zero attached hydrogens (tertiary/aromatic N) is 1. The first-order chi connectivity index (χ1) is 13.9. The minimum absolute atomic E-state index is 0.203. The predicted molar refractivity (Wildman–Crippen MR) is 95.5 cm³/mol. The highest BCUT2D eigenvalue weighted by molar-refractivity contribution is 5.74. The van der Waals surface area contributed by atoms with E-state index in [1.54, 1.807) is 0 Å². The fourth-order valence-corrected chi connectivity index (χ4v) is 4.12. The minimum Gasteiger partial charge on any atom is -0.484 e. The molecule has 4 atom stereocenters. The molecule has 0 unspecified atom stereocenters. The zero-order chi connectivity index (χ0) is 20.4. The molecular weight excluding hydrogens is 391 g/mol. The summed E-state index contributed by atoms with van der Waals surface area (Å²) >= 11 is 0. The molecule has 3 fully saturated rings. The number of ether oxygens (including phenoxy) is 3. The Balaban J connectivity index is 1.29. The first kappa shape index (κ1) is 20.2. The van der Waals surface area contributed by atoms with Crippen LogP contribution in [0.3, 0.4) is 0 Å². The van der Waals surface area contributed by atoms with Crippen LogP contribution in [-0.4, -0.2) is 54.6 Å². The van der Waals surface area contributed by atoms with E-state index >= 15 is 0 Å². The second-order valence-corrected chi connectivity index (χ2v) is 7.69. The van der Waals surface area contributed by atoms with E-state index in [4.69, 9.17) is 14.2 Å². The number of carbonyl (C=O) groups excluding carboxylic acids is 1. The summed E-state index contributed by atoms with van der Waals surface area (Å²) < 4.78 is 55.1. The summed E-state index contributed by atoms with van der Waals surface area (Å²) in [6.07, 6.45) is 0.756. The first-order valence-corrected chi connectivity index (χ1v) is 9.90. The highest BCUT2D eigenvalue weighted by Gasteiger charge is 2.49. The van der Waals surface area contributed by atoms with Crippen molar-refractivity contribution in [2.45, 2.75) is 68.7 Å². The molecule has 10 heteroatoms. The molecule has 0 aromatic carbocycles. The SMILES string of the molecule is O=C(NC1CCCCC1)N[C@H]1CO[C@H]2[C@@H]1OC[C@@H]2Oc1ccc(C(F)(F)F)nc1. The number of urea groups is 1. The molecule has 2 saturated heterocycles. The number of pyridine rings is 1. The molecule has 29 heavy (non-hydrogen) atoms. The van der Waals surface area contributed by atoms with Gasteiger partial charge < -0.3 is 24.8 Å². The number of fused-ring (bicyclic) bond motifs is 1. The quantitative estimate of drug-likeness (QED) is 0.790. The fourth-order valence-electron chi connectivity index (χ4n) is 4.12. The lowest BCUT2D eigenvalue weighted by Gasteiger charge is -2.24. The highest BCUT2D eigenvalue weighted by Crippen LogP contribution is 2.32. The van der Waals surface area contributed by atoms with Crippen molar-refractivity contribution in [1.82, 2.24) is 15.6 Å². The van der Waals surface area contributed by atoms with Crippen molar-refractivity contribution in [2.24, 2.45) is 0 Å². The molecule has 7 nitrogen and oxygen atoms in total. The molecule has 1 aromatic heterocycles. The number of alkyl halides is 3. The van der Waals surface area contributed by atoms with Crippen LogP contribution < -0.4 is 15.4 Å². The van der Waals surface area contributed by atoms with Crippen LogP contribution in [-0.2, 0) is 15.7 Å². The second kappa shape index (κ2) is 8.35. The van der Waals surface area contributed by atoms with Crippen molar-refractivity contribution in [3.8, 4) is 5.75 Å². The molecule has 1 saturated carbocycles. The summed E-state index contributed by atoms with van der Waals surface area (Å²) in [4.78, 5) is 15.7. The summed E-state index contributed by atoms with van der Waals surface area (Å²) in [5, 5.41) is 5.91. The fraction of sp³-hybridized carbons (Fsp3) is 0.684. The molecular formula is C19H24F3N3O4. The number of halogens is 3. The van der Waals surface area contributed by atoms with Crippen molar-refractivity contribution in [1.29, 1.82) is 0 Å². The Kier molecular flexibility index (Phi) is 5.82. The van der Waals surface area contributed by atoms with Crippen LogP contribution in [0.2, 0.25) is 0 Å². The lowest BCUT2D eigenvalue weighted by molar-refractivity contribution is -0.141. The molecule has 0 radical (unpaired) electrons. The summed E-state index contributed by atoms with van der Waals surface area (Å²) in [5.41, 5.74) is -0.976. The van der Waals surface area contributed by atoms with E-state index < -0.39 is 24.1 Å². The van der Waals surface area contributed by atoms with Gasteiger partial charge in [0.25, 0.3) is 0 Å². The second-order valence-electron chi connectivity index (χ2n) is 7.69. The van der Waals surface area contributed by atoms with Crippen LogP contribution >= 0.6 is 0 Å². The molecule has 1 aliphatic carbocycles. The van der Waals surface area contributed by atoms with E-state index in [0.29, 0.717) is 6.61 Å². The minimum atomic E-state index is -4.49. The Hall–Kier alpha value is -2.07. The van der Waals surface area contributed by atoms with Gasteiger partial charge in [0.2, 0.25) is 0 Å². The topological polar surface area (TPSA) is 81.7 Å². The normalized spacial score (nSPS) is 30.0. The maximum Gasteiger partial charge on any atom is 0.433 e. The van der Waals surface area contributed by atoms with Gasteiger partial charge in [0, 0.05) is 6.04 Å². The number of hydrogen-bond donors (Lipinski definition) is 2. The van der Waals surface area contributed by atoms with Crippen LogP contribution in [0.25, 0.3) is 0 Å². The molecule has 2 N–H and O–H groups in total. The highest BCUT2D eigenvalue weighted by atomic mass is 19.4. The van der Waals surface area contributed by atoms with Crippen LogP contribution in [0.15, 0.2) is 18.3 Å². The Labute approximate surface area is 166 Å². The zero-order valence-electron chi connectivity index (χ0n) is 15.8. The van der Waals surface area contributed by atoms with Gasteiger partial charge in [0.15, 0.2) is 6.10 Å². The van der Waals surface area contributed by atoms with Gasteiger partial charge in [-0.05, 0) is 25.0 Å². The van der Waals surface area contributed by atoms with Crippen LogP contribution in [0.4, 0.5) is 18.0 Å². The number of carbonyl (C=O) groups is 1. The largest absolute Gasteiger partial charge is 0.484 e. The average molecular weight is 415 g/mol. The lowest BCUT2D eigenvalue weighted by atomic mass is 9.96. The summed E-state index contributed by atoms with van der Waals surface area (Å²) in [5.74, 6) is 0.210. The Morgan fingerprint density at radius 3 is 2.52 bits per heavy atom. The standard InChI is InChI=1S/C19H24F3N3O4/c20-19(21,22)15-7-6-12(8-23-15)29-14-10-28-16-13(9-27-17(14)16)25-18(26)24-11-4-2-1-3-5-11/h6-8,11,13-14,16-17H,1-5,9-10H2,(H2,24,25,26)/t13-,14-,16+,17+/m0/s1. The number of hydrogen-bond acceptors (Lipinski definition) is 5. The molecule has 0 bridgehead atoms. The van der Waals surface area contributed by atoms with Crippen molar-refractivity contribution in [3.63, 3.8) is 0 Å². The predicted octanol–water partition coefficient (Wildman–Crippen LogP) is 2.65. The lowest BCUT2D eigenvalue weighted by Crippen LogP contribution is -2.51. The molecule has 3 aliphatic rings. The third-order valence-corrected chi connectivity index (χ3v) is 5.58. The zero-order valence-corrected chi connectivity index (χ0v) is 15.8. The van der Waals surface area contributed by atoms with E-state index in [0.717, 1.165) is 37.9 Å². The van der Waals surface area contributed by atoms with Gasteiger partial charge in [-0.25, -0.2) is 9.78 Å². The molecule has 160 valence electrons. The number of rotatable bonds is 4. The monoisotopic (exact) mass is 415 g/mol. The smallest absolute Gasteiger partial charge is 0.433 e. The average Bonchev–Trinajstić information content (AvgIpc) is 3.26.